The van der Waals surface area contributed by atoms with Crippen LogP contribution in [0.25, 0.3) is 0 Å². The normalized spacial score (nSPS) is 25.1. The highest BCUT2D eigenvalue weighted by Gasteiger charge is 2.49. The summed E-state index contributed by atoms with van der Waals surface area (Å²) in [7, 11) is 0. The Morgan fingerprint density at radius 1 is 1.27 bits per heavy atom. The first-order valence-corrected chi connectivity index (χ1v) is 9.29. The van der Waals surface area contributed by atoms with Crippen LogP contribution in [0.3, 0.4) is 0 Å². The molecule has 2 heterocycles. The van der Waals surface area contributed by atoms with Crippen LogP contribution in [-0.2, 0) is 17.8 Å². The Morgan fingerprint density at radius 3 is 2.69 bits per heavy atom. The average Bonchev–Trinajstić information content (AvgIpc) is 3.02. The molecule has 0 radical (unpaired) electrons. The van der Waals surface area contributed by atoms with Gasteiger partial charge in [0.05, 0.1) is 6.54 Å². The summed E-state index contributed by atoms with van der Waals surface area (Å²) in [4.78, 5) is 38.7. The number of aryl methyl sites for hydroxylation is 1. The summed E-state index contributed by atoms with van der Waals surface area (Å²) in [6.45, 7) is 3.04. The number of imide groups is 1. The van der Waals surface area contributed by atoms with Crippen LogP contribution in [0, 0.1) is 0 Å². The molecule has 3 aliphatic rings. The minimum Gasteiger partial charge on any atom is -0.331 e. The maximum Gasteiger partial charge on any atom is 0.322 e. The number of carbonyl (C=O) groups excluding carboxylic acids is 3. The molecule has 4 amide bonds. The van der Waals surface area contributed by atoms with Crippen LogP contribution in [0.1, 0.15) is 47.7 Å². The predicted octanol–water partition coefficient (Wildman–Crippen LogP) is 0.925. The van der Waals surface area contributed by atoms with Crippen molar-refractivity contribution in [3.05, 3.63) is 34.9 Å². The summed E-state index contributed by atoms with van der Waals surface area (Å²) in [5, 5.41) is 8.46. The Morgan fingerprint density at radius 2 is 2.08 bits per heavy atom. The Hall–Kier alpha value is -2.41. The van der Waals surface area contributed by atoms with Crippen LogP contribution in [0.2, 0.25) is 0 Å². The zero-order valence-electron chi connectivity index (χ0n) is 14.9. The van der Waals surface area contributed by atoms with Gasteiger partial charge < -0.3 is 15.5 Å². The molecule has 1 aliphatic carbocycles. The van der Waals surface area contributed by atoms with E-state index in [9.17, 15) is 14.4 Å². The fraction of sp³-hybridized carbons (Fsp3) is 0.526. The smallest absolute Gasteiger partial charge is 0.322 e. The van der Waals surface area contributed by atoms with Crippen molar-refractivity contribution in [3.63, 3.8) is 0 Å². The van der Waals surface area contributed by atoms with Gasteiger partial charge in [0, 0.05) is 24.7 Å². The lowest BCUT2D eigenvalue weighted by atomic mass is 9.91. The topological polar surface area (TPSA) is 90.5 Å². The van der Waals surface area contributed by atoms with Crippen LogP contribution < -0.4 is 16.0 Å². The van der Waals surface area contributed by atoms with Crippen molar-refractivity contribution in [2.45, 2.75) is 50.7 Å². The Labute approximate surface area is 152 Å². The maximum atomic E-state index is 12.8. The lowest BCUT2D eigenvalue weighted by molar-refractivity contribution is -0.124. The fourth-order valence-corrected chi connectivity index (χ4v) is 3.86. The van der Waals surface area contributed by atoms with Crippen LogP contribution in [0.15, 0.2) is 18.2 Å². The molecule has 138 valence electrons. The Bertz CT molecular complexity index is 774. The highest BCUT2D eigenvalue weighted by molar-refractivity contribution is 6.08. The zero-order chi connectivity index (χ0) is 18.3. The van der Waals surface area contributed by atoms with E-state index >= 15 is 0 Å². The largest absolute Gasteiger partial charge is 0.331 e. The van der Waals surface area contributed by atoms with Crippen molar-refractivity contribution < 1.29 is 14.4 Å². The van der Waals surface area contributed by atoms with Gasteiger partial charge in [-0.25, -0.2) is 4.79 Å². The summed E-state index contributed by atoms with van der Waals surface area (Å²) < 4.78 is 0. The van der Waals surface area contributed by atoms with Gasteiger partial charge in [0.15, 0.2) is 5.54 Å². The van der Waals surface area contributed by atoms with E-state index in [1.807, 2.05) is 12.1 Å². The molecule has 2 aliphatic heterocycles. The molecule has 1 aromatic rings. The summed E-state index contributed by atoms with van der Waals surface area (Å²) in [5.74, 6) is -0.452. The molecule has 1 saturated carbocycles. The third-order valence-electron chi connectivity index (χ3n) is 5.73. The lowest BCUT2D eigenvalue weighted by Crippen LogP contribution is -2.62. The van der Waals surface area contributed by atoms with E-state index in [1.165, 1.54) is 12.0 Å². The predicted molar refractivity (Wildman–Crippen MR) is 95.6 cm³/mol. The van der Waals surface area contributed by atoms with Crippen molar-refractivity contribution in [2.75, 3.05) is 13.1 Å². The number of carbonyl (C=O) groups is 3. The SMILES string of the molecule is CCc1ccc2c(c1)CN(CC1(CNC3CCC3)NC(=O)NC1=O)C2=O. The van der Waals surface area contributed by atoms with Gasteiger partial charge >= 0.3 is 6.03 Å². The van der Waals surface area contributed by atoms with Crippen LogP contribution in [0.5, 0.6) is 0 Å². The van der Waals surface area contributed by atoms with Crippen molar-refractivity contribution >= 4 is 17.8 Å². The third kappa shape index (κ3) is 2.86. The molecule has 0 aromatic heterocycles. The first-order chi connectivity index (χ1) is 12.5. The van der Waals surface area contributed by atoms with E-state index < -0.39 is 11.6 Å². The monoisotopic (exact) mass is 356 g/mol. The molecular weight excluding hydrogens is 332 g/mol. The molecule has 0 bridgehead atoms. The average molecular weight is 356 g/mol. The second kappa shape index (κ2) is 6.39. The molecule has 1 aromatic carbocycles. The van der Waals surface area contributed by atoms with E-state index in [0.717, 1.165) is 24.8 Å². The molecule has 1 saturated heterocycles. The van der Waals surface area contributed by atoms with Gasteiger partial charge in [-0.2, -0.15) is 0 Å². The second-order valence-corrected chi connectivity index (χ2v) is 7.51. The van der Waals surface area contributed by atoms with Crippen LogP contribution >= 0.6 is 0 Å². The fourth-order valence-electron chi connectivity index (χ4n) is 3.86. The van der Waals surface area contributed by atoms with Gasteiger partial charge in [0.2, 0.25) is 0 Å². The number of benzene rings is 1. The van der Waals surface area contributed by atoms with Crippen LogP contribution in [0.4, 0.5) is 4.79 Å². The number of nitrogens with zero attached hydrogens (tertiary/aromatic N) is 1. The number of rotatable bonds is 6. The zero-order valence-corrected chi connectivity index (χ0v) is 14.9. The van der Waals surface area contributed by atoms with Gasteiger partial charge in [-0.15, -0.1) is 0 Å². The number of nitrogens with one attached hydrogen (secondary N) is 3. The van der Waals surface area contributed by atoms with Crippen molar-refractivity contribution in [2.24, 2.45) is 0 Å². The molecular formula is C19H24N4O3. The second-order valence-electron chi connectivity index (χ2n) is 7.51. The number of amides is 4. The summed E-state index contributed by atoms with van der Waals surface area (Å²) in [6, 6.07) is 5.78. The molecule has 26 heavy (non-hydrogen) atoms. The molecule has 1 atom stereocenters. The lowest BCUT2D eigenvalue weighted by Gasteiger charge is -2.35. The van der Waals surface area contributed by atoms with E-state index in [0.29, 0.717) is 24.7 Å². The molecule has 4 rings (SSSR count). The third-order valence-corrected chi connectivity index (χ3v) is 5.73. The molecule has 7 nitrogen and oxygen atoms in total. The highest BCUT2D eigenvalue weighted by atomic mass is 16.2. The van der Waals surface area contributed by atoms with Gasteiger partial charge in [0.25, 0.3) is 11.8 Å². The Balaban J connectivity index is 1.53. The number of fused-ring (bicyclic) bond motifs is 1. The molecule has 3 N–H and O–H groups in total. The number of hydrogen-bond acceptors (Lipinski definition) is 4. The maximum absolute atomic E-state index is 12.8. The molecule has 2 fully saturated rings. The van der Waals surface area contributed by atoms with Crippen molar-refractivity contribution in [1.82, 2.24) is 20.9 Å². The van der Waals surface area contributed by atoms with Gasteiger partial charge in [-0.1, -0.05) is 25.5 Å². The Kier molecular flexibility index (Phi) is 4.19. The van der Waals surface area contributed by atoms with Crippen LogP contribution in [-0.4, -0.2) is 47.4 Å². The number of urea groups is 1. The summed E-state index contributed by atoms with van der Waals surface area (Å²) in [6.07, 6.45) is 4.26. The van der Waals surface area contributed by atoms with Crippen molar-refractivity contribution in [3.8, 4) is 0 Å². The number of hydrogen-bond donors (Lipinski definition) is 3. The first-order valence-electron chi connectivity index (χ1n) is 9.29. The van der Waals surface area contributed by atoms with E-state index in [1.54, 1.807) is 4.90 Å². The minimum atomic E-state index is -1.11. The molecule has 0 spiro atoms. The standard InChI is InChI=1S/C19H24N4O3/c1-2-12-6-7-15-13(8-12)9-23(16(15)24)11-19(10-20-14-4-3-5-14)17(25)21-18(26)22-19/h6-8,14,20H,2-5,9-11H2,1H3,(H2,21,22,25,26). The highest BCUT2D eigenvalue weighted by Crippen LogP contribution is 2.27. The first kappa shape index (κ1) is 17.0. The van der Waals surface area contributed by atoms with E-state index in [2.05, 4.69) is 28.9 Å². The minimum absolute atomic E-state index is 0.0837. The van der Waals surface area contributed by atoms with Gasteiger partial charge in [-0.05, 0) is 36.5 Å². The summed E-state index contributed by atoms with van der Waals surface area (Å²) >= 11 is 0. The van der Waals surface area contributed by atoms with E-state index in [4.69, 9.17) is 0 Å². The van der Waals surface area contributed by atoms with Gasteiger partial charge in [-0.3, -0.25) is 14.9 Å². The quantitative estimate of drug-likeness (QED) is 0.661. The molecule has 1 unspecified atom stereocenters. The summed E-state index contributed by atoms with van der Waals surface area (Å²) in [5.41, 5.74) is 1.75. The van der Waals surface area contributed by atoms with E-state index in [-0.39, 0.29) is 18.4 Å². The molecule has 7 heteroatoms. The van der Waals surface area contributed by atoms with Crippen molar-refractivity contribution in [1.29, 1.82) is 0 Å². The van der Waals surface area contributed by atoms with Gasteiger partial charge in [0.1, 0.15) is 0 Å².